The van der Waals surface area contributed by atoms with Crippen molar-refractivity contribution >= 4 is 5.91 Å². The summed E-state index contributed by atoms with van der Waals surface area (Å²) in [7, 11) is 4.27. The number of amides is 1. The van der Waals surface area contributed by atoms with Crippen LogP contribution in [-0.2, 0) is 11.3 Å². The van der Waals surface area contributed by atoms with E-state index in [1.165, 1.54) is 5.56 Å². The fourth-order valence-corrected chi connectivity index (χ4v) is 4.60. The van der Waals surface area contributed by atoms with Gasteiger partial charge >= 0.3 is 0 Å². The lowest BCUT2D eigenvalue weighted by atomic mass is 10.0. The van der Waals surface area contributed by atoms with E-state index in [4.69, 9.17) is 4.42 Å². The molecule has 1 aromatic heterocycles. The molecule has 4 rings (SSSR count). The molecule has 6 heteroatoms. The second kappa shape index (κ2) is 6.50. The number of fused-ring (bicyclic) bond motifs is 1. The zero-order valence-corrected chi connectivity index (χ0v) is 14.7. The molecule has 3 fully saturated rings. The van der Waals surface area contributed by atoms with E-state index in [0.717, 1.165) is 52.2 Å². The predicted octanol–water partition coefficient (Wildman–Crippen LogP) is 0.558. The highest BCUT2D eigenvalue weighted by atomic mass is 16.3. The number of likely N-dealkylation sites (N-methyl/N-ethyl adjacent to an activating group) is 2. The van der Waals surface area contributed by atoms with Crippen molar-refractivity contribution < 1.29 is 9.21 Å². The molecule has 24 heavy (non-hydrogen) atoms. The van der Waals surface area contributed by atoms with Gasteiger partial charge in [-0.15, -0.1) is 0 Å². The van der Waals surface area contributed by atoms with Crippen molar-refractivity contribution in [2.75, 3.05) is 53.4 Å². The van der Waals surface area contributed by atoms with Crippen molar-refractivity contribution in [1.29, 1.82) is 0 Å². The summed E-state index contributed by atoms with van der Waals surface area (Å²) in [5.41, 5.74) is 1.24. The van der Waals surface area contributed by atoms with Crippen LogP contribution in [0.4, 0.5) is 0 Å². The van der Waals surface area contributed by atoms with E-state index in [1.54, 1.807) is 6.26 Å². The first-order valence-electron chi connectivity index (χ1n) is 9.04. The minimum absolute atomic E-state index is 0.0829. The first-order chi connectivity index (χ1) is 11.6. The maximum atomic E-state index is 12.9. The lowest BCUT2D eigenvalue weighted by molar-refractivity contribution is -0.137. The monoisotopic (exact) mass is 332 g/mol. The van der Waals surface area contributed by atoms with Gasteiger partial charge in [-0.05, 0) is 32.5 Å². The van der Waals surface area contributed by atoms with Gasteiger partial charge in [0.25, 0.3) is 0 Å². The van der Waals surface area contributed by atoms with Gasteiger partial charge in [0.15, 0.2) is 0 Å². The van der Waals surface area contributed by atoms with Crippen molar-refractivity contribution in [2.24, 2.45) is 5.92 Å². The molecule has 3 saturated heterocycles. The van der Waals surface area contributed by atoms with E-state index >= 15 is 0 Å². The van der Waals surface area contributed by atoms with Crippen LogP contribution in [0.15, 0.2) is 23.0 Å². The average Bonchev–Trinajstić information content (AvgIpc) is 3.27. The first-order valence-corrected chi connectivity index (χ1v) is 9.04. The van der Waals surface area contributed by atoms with Gasteiger partial charge in [-0.1, -0.05) is 0 Å². The molecule has 0 spiro atoms. The Balaban J connectivity index is 1.34. The Bertz CT molecular complexity index is 568. The van der Waals surface area contributed by atoms with E-state index < -0.39 is 0 Å². The van der Waals surface area contributed by atoms with Crippen LogP contribution in [0.25, 0.3) is 0 Å². The molecule has 0 bridgehead atoms. The maximum absolute atomic E-state index is 12.9. The summed E-state index contributed by atoms with van der Waals surface area (Å²) in [5.74, 6) is 0.963. The third-order valence-corrected chi connectivity index (χ3v) is 6.11. The molecule has 3 atom stereocenters. The third kappa shape index (κ3) is 2.98. The van der Waals surface area contributed by atoms with Gasteiger partial charge in [0, 0.05) is 57.4 Å². The van der Waals surface area contributed by atoms with Crippen molar-refractivity contribution in [3.8, 4) is 0 Å². The number of rotatable bonds is 3. The Morgan fingerprint density at radius 2 is 2.00 bits per heavy atom. The van der Waals surface area contributed by atoms with Crippen LogP contribution in [0.2, 0.25) is 0 Å². The molecule has 0 N–H and O–H groups in total. The van der Waals surface area contributed by atoms with Crippen LogP contribution in [-0.4, -0.2) is 91.0 Å². The highest BCUT2D eigenvalue weighted by Gasteiger charge is 2.47. The predicted molar refractivity (Wildman–Crippen MR) is 91.5 cm³/mol. The Morgan fingerprint density at radius 3 is 2.67 bits per heavy atom. The molecule has 3 aliphatic heterocycles. The van der Waals surface area contributed by atoms with Gasteiger partial charge < -0.3 is 14.2 Å². The number of carbonyl (C=O) groups excluding carboxylic acids is 1. The number of carbonyl (C=O) groups is 1. The Hall–Kier alpha value is -1.37. The molecular formula is C18H28N4O2. The molecule has 0 radical (unpaired) electrons. The highest BCUT2D eigenvalue weighted by molar-refractivity contribution is 5.82. The molecule has 1 amide bonds. The van der Waals surface area contributed by atoms with Crippen LogP contribution in [0, 0.1) is 5.92 Å². The van der Waals surface area contributed by atoms with E-state index in [1.807, 2.05) is 12.3 Å². The van der Waals surface area contributed by atoms with E-state index in [9.17, 15) is 4.79 Å². The average molecular weight is 332 g/mol. The SMILES string of the molecule is CN1CCN(C(=O)[C@@H]2C[C@H]3CN(Cc4ccoc4)C[C@H]3N2C)CC1. The second-order valence-corrected chi connectivity index (χ2v) is 7.70. The lowest BCUT2D eigenvalue weighted by Crippen LogP contribution is -2.53. The van der Waals surface area contributed by atoms with E-state index in [2.05, 4.69) is 33.7 Å². The van der Waals surface area contributed by atoms with E-state index in [0.29, 0.717) is 17.9 Å². The van der Waals surface area contributed by atoms with Gasteiger partial charge in [-0.3, -0.25) is 14.6 Å². The number of hydrogen-bond donors (Lipinski definition) is 0. The van der Waals surface area contributed by atoms with Crippen LogP contribution < -0.4 is 0 Å². The van der Waals surface area contributed by atoms with Crippen molar-refractivity contribution in [3.05, 3.63) is 24.2 Å². The molecule has 0 unspecified atom stereocenters. The lowest BCUT2D eigenvalue weighted by Gasteiger charge is -2.36. The number of furan rings is 1. The third-order valence-electron chi connectivity index (χ3n) is 6.11. The zero-order valence-electron chi connectivity index (χ0n) is 14.7. The first kappa shape index (κ1) is 16.1. The summed E-state index contributed by atoms with van der Waals surface area (Å²) in [4.78, 5) is 22.1. The number of piperazine rings is 1. The largest absolute Gasteiger partial charge is 0.472 e. The molecule has 6 nitrogen and oxygen atoms in total. The van der Waals surface area contributed by atoms with Crippen molar-refractivity contribution in [2.45, 2.75) is 25.0 Å². The molecular weight excluding hydrogens is 304 g/mol. The van der Waals surface area contributed by atoms with Crippen molar-refractivity contribution in [1.82, 2.24) is 19.6 Å². The topological polar surface area (TPSA) is 43.2 Å². The summed E-state index contributed by atoms with van der Waals surface area (Å²) < 4.78 is 5.17. The minimum Gasteiger partial charge on any atom is -0.472 e. The van der Waals surface area contributed by atoms with Crippen molar-refractivity contribution in [3.63, 3.8) is 0 Å². The van der Waals surface area contributed by atoms with Crippen LogP contribution >= 0.6 is 0 Å². The second-order valence-electron chi connectivity index (χ2n) is 7.70. The van der Waals surface area contributed by atoms with Gasteiger partial charge in [0.1, 0.15) is 0 Å². The molecule has 0 aliphatic carbocycles. The van der Waals surface area contributed by atoms with Gasteiger partial charge in [0.05, 0.1) is 18.6 Å². The fraction of sp³-hybridized carbons (Fsp3) is 0.722. The summed E-state index contributed by atoms with van der Waals surface area (Å²) in [5, 5.41) is 0. The fourth-order valence-electron chi connectivity index (χ4n) is 4.60. The standard InChI is InChI=1S/C18H28N4O2/c1-19-4-6-22(7-5-19)18(23)16-9-15-11-21(12-17(15)20(16)2)10-14-3-8-24-13-14/h3,8,13,15-17H,4-7,9-12H2,1-2H3/t15-,16-,17+/m0/s1. The molecule has 0 aromatic carbocycles. The Kier molecular flexibility index (Phi) is 4.37. The molecule has 132 valence electrons. The number of hydrogen-bond acceptors (Lipinski definition) is 5. The normalized spacial score (nSPS) is 32.4. The quantitative estimate of drug-likeness (QED) is 0.809. The van der Waals surface area contributed by atoms with E-state index in [-0.39, 0.29) is 6.04 Å². The summed E-state index contributed by atoms with van der Waals surface area (Å²) in [6.07, 6.45) is 4.58. The highest BCUT2D eigenvalue weighted by Crippen LogP contribution is 2.36. The summed E-state index contributed by atoms with van der Waals surface area (Å²) >= 11 is 0. The molecule has 4 heterocycles. The van der Waals surface area contributed by atoms with Gasteiger partial charge in [-0.25, -0.2) is 0 Å². The smallest absolute Gasteiger partial charge is 0.240 e. The Morgan fingerprint density at radius 1 is 1.21 bits per heavy atom. The van der Waals surface area contributed by atoms with Crippen LogP contribution in [0.3, 0.4) is 0 Å². The summed E-state index contributed by atoms with van der Waals surface area (Å²) in [6.45, 7) is 6.84. The van der Waals surface area contributed by atoms with Gasteiger partial charge in [-0.2, -0.15) is 0 Å². The number of nitrogens with zero attached hydrogens (tertiary/aromatic N) is 4. The summed E-state index contributed by atoms with van der Waals surface area (Å²) in [6, 6.07) is 2.63. The van der Waals surface area contributed by atoms with Crippen LogP contribution in [0.1, 0.15) is 12.0 Å². The molecule has 0 saturated carbocycles. The minimum atomic E-state index is 0.0829. The number of likely N-dealkylation sites (tertiary alicyclic amines) is 2. The van der Waals surface area contributed by atoms with Crippen LogP contribution in [0.5, 0.6) is 0 Å². The Labute approximate surface area is 144 Å². The zero-order chi connectivity index (χ0) is 16.7. The van der Waals surface area contributed by atoms with Gasteiger partial charge in [0.2, 0.25) is 5.91 Å². The molecule has 3 aliphatic rings. The molecule has 1 aromatic rings. The maximum Gasteiger partial charge on any atom is 0.240 e.